The lowest BCUT2D eigenvalue weighted by atomic mass is 10.2. The monoisotopic (exact) mass is 217 g/mol. The molecule has 2 atom stereocenters. The average molecular weight is 217 g/mol. The Morgan fingerprint density at radius 3 is 2.93 bits per heavy atom. The van der Waals surface area contributed by atoms with Crippen LogP contribution in [0.25, 0.3) is 0 Å². The third-order valence-corrected chi connectivity index (χ3v) is 4.09. The van der Waals surface area contributed by atoms with E-state index in [0.29, 0.717) is 24.1 Å². The van der Waals surface area contributed by atoms with Crippen LogP contribution in [0, 0.1) is 0 Å². The third kappa shape index (κ3) is 2.89. The number of amides is 1. The van der Waals surface area contributed by atoms with Crippen molar-refractivity contribution in [2.24, 2.45) is 0 Å². The minimum atomic E-state index is 0.109. The number of hydrogen-bond acceptors (Lipinski definition) is 3. The van der Waals surface area contributed by atoms with E-state index in [9.17, 15) is 4.79 Å². The van der Waals surface area contributed by atoms with E-state index in [0.717, 1.165) is 12.3 Å². The predicted molar refractivity (Wildman–Crippen MR) is 59.4 cm³/mol. The van der Waals surface area contributed by atoms with E-state index in [4.69, 9.17) is 5.11 Å². The largest absolute Gasteiger partial charge is 0.396 e. The molecule has 2 unspecified atom stereocenters. The number of hydrogen-bond donors (Lipinski definition) is 1. The first-order chi connectivity index (χ1) is 6.66. The topological polar surface area (TPSA) is 40.5 Å². The summed E-state index contributed by atoms with van der Waals surface area (Å²) in [5.41, 5.74) is 0. The summed E-state index contributed by atoms with van der Waals surface area (Å²) in [4.78, 5) is 13.7. The predicted octanol–water partition coefficient (Wildman–Crippen LogP) is 1.11. The SMILES string of the molecule is CC1SCCN(C(=O)CCCO)C1C. The molecule has 1 fully saturated rings. The Morgan fingerprint density at radius 1 is 1.57 bits per heavy atom. The minimum Gasteiger partial charge on any atom is -0.396 e. The highest BCUT2D eigenvalue weighted by Gasteiger charge is 2.28. The summed E-state index contributed by atoms with van der Waals surface area (Å²) in [6, 6.07) is 0.333. The van der Waals surface area contributed by atoms with Crippen molar-refractivity contribution in [3.63, 3.8) is 0 Å². The number of nitrogens with zero attached hydrogens (tertiary/aromatic N) is 1. The van der Waals surface area contributed by atoms with Gasteiger partial charge in [0.15, 0.2) is 0 Å². The van der Waals surface area contributed by atoms with Crippen molar-refractivity contribution >= 4 is 17.7 Å². The van der Waals surface area contributed by atoms with Crippen LogP contribution in [0.15, 0.2) is 0 Å². The van der Waals surface area contributed by atoms with Crippen LogP contribution in [-0.2, 0) is 4.79 Å². The molecule has 1 heterocycles. The molecule has 1 N–H and O–H groups in total. The van der Waals surface area contributed by atoms with E-state index in [1.807, 2.05) is 16.7 Å². The van der Waals surface area contributed by atoms with Gasteiger partial charge in [0.05, 0.1) is 0 Å². The van der Waals surface area contributed by atoms with E-state index >= 15 is 0 Å². The molecule has 0 bridgehead atoms. The van der Waals surface area contributed by atoms with Crippen molar-refractivity contribution in [2.75, 3.05) is 18.9 Å². The Morgan fingerprint density at radius 2 is 2.29 bits per heavy atom. The molecule has 3 nitrogen and oxygen atoms in total. The normalized spacial score (nSPS) is 27.8. The van der Waals surface area contributed by atoms with Gasteiger partial charge in [0.1, 0.15) is 0 Å². The zero-order valence-electron chi connectivity index (χ0n) is 8.90. The van der Waals surface area contributed by atoms with Gasteiger partial charge in [0.2, 0.25) is 5.91 Å². The standard InChI is InChI=1S/C10H19NO2S/c1-8-9(2)14-7-5-11(8)10(13)4-3-6-12/h8-9,12H,3-7H2,1-2H3. The maximum atomic E-state index is 11.7. The lowest BCUT2D eigenvalue weighted by Crippen LogP contribution is -2.47. The Balaban J connectivity index is 2.44. The molecule has 1 rings (SSSR count). The third-order valence-electron chi connectivity index (χ3n) is 2.75. The molecule has 0 aromatic heterocycles. The summed E-state index contributed by atoms with van der Waals surface area (Å²) in [5.74, 6) is 1.23. The molecular weight excluding hydrogens is 198 g/mol. The van der Waals surface area contributed by atoms with Gasteiger partial charge in [-0.1, -0.05) is 6.92 Å². The molecule has 0 saturated carbocycles. The van der Waals surface area contributed by atoms with Gasteiger partial charge < -0.3 is 10.0 Å². The second kappa shape index (κ2) is 5.61. The van der Waals surface area contributed by atoms with Gasteiger partial charge in [0, 0.05) is 36.6 Å². The van der Waals surface area contributed by atoms with Crippen molar-refractivity contribution in [3.05, 3.63) is 0 Å². The Hall–Kier alpha value is -0.220. The molecule has 1 saturated heterocycles. The van der Waals surface area contributed by atoms with E-state index in [2.05, 4.69) is 13.8 Å². The molecule has 4 heteroatoms. The fraction of sp³-hybridized carbons (Fsp3) is 0.900. The maximum Gasteiger partial charge on any atom is 0.222 e. The van der Waals surface area contributed by atoms with Crippen LogP contribution in [0.3, 0.4) is 0 Å². The molecule has 1 amide bonds. The van der Waals surface area contributed by atoms with Crippen molar-refractivity contribution in [2.45, 2.75) is 38.0 Å². The van der Waals surface area contributed by atoms with Crippen molar-refractivity contribution < 1.29 is 9.90 Å². The summed E-state index contributed by atoms with van der Waals surface area (Å²) < 4.78 is 0. The van der Waals surface area contributed by atoms with Crippen LogP contribution in [0.1, 0.15) is 26.7 Å². The summed E-state index contributed by atoms with van der Waals surface area (Å²) in [5, 5.41) is 9.19. The number of carbonyl (C=O) groups excluding carboxylic acids is 1. The first-order valence-electron chi connectivity index (χ1n) is 5.18. The summed E-state index contributed by atoms with van der Waals surface area (Å²) in [6.45, 7) is 5.24. The summed E-state index contributed by atoms with van der Waals surface area (Å²) in [7, 11) is 0. The molecule has 0 radical (unpaired) electrons. The lowest BCUT2D eigenvalue weighted by molar-refractivity contribution is -0.133. The molecule has 0 aromatic rings. The highest BCUT2D eigenvalue weighted by Crippen LogP contribution is 2.24. The van der Waals surface area contributed by atoms with Gasteiger partial charge in [0.25, 0.3) is 0 Å². The molecule has 14 heavy (non-hydrogen) atoms. The number of aliphatic hydroxyl groups is 1. The van der Waals surface area contributed by atoms with Gasteiger partial charge in [-0.25, -0.2) is 0 Å². The molecule has 1 aliphatic heterocycles. The zero-order valence-corrected chi connectivity index (χ0v) is 9.72. The molecule has 0 aliphatic carbocycles. The number of thioether (sulfide) groups is 1. The lowest BCUT2D eigenvalue weighted by Gasteiger charge is -2.37. The van der Waals surface area contributed by atoms with E-state index in [-0.39, 0.29) is 12.5 Å². The molecule has 0 spiro atoms. The zero-order chi connectivity index (χ0) is 10.6. The van der Waals surface area contributed by atoms with Crippen LogP contribution in [-0.4, -0.2) is 46.1 Å². The van der Waals surface area contributed by atoms with Gasteiger partial charge in [-0.05, 0) is 13.3 Å². The van der Waals surface area contributed by atoms with E-state index < -0.39 is 0 Å². The second-order valence-corrected chi connectivity index (χ2v) is 5.22. The van der Waals surface area contributed by atoms with Gasteiger partial charge in [-0.15, -0.1) is 0 Å². The van der Waals surface area contributed by atoms with E-state index in [1.165, 1.54) is 0 Å². The number of aliphatic hydroxyl groups excluding tert-OH is 1. The fourth-order valence-corrected chi connectivity index (χ4v) is 2.76. The first-order valence-corrected chi connectivity index (χ1v) is 6.23. The first kappa shape index (κ1) is 11.9. The fourth-order valence-electron chi connectivity index (χ4n) is 1.66. The quantitative estimate of drug-likeness (QED) is 0.770. The number of rotatable bonds is 3. The Labute approximate surface area is 89.9 Å². The summed E-state index contributed by atoms with van der Waals surface area (Å²) in [6.07, 6.45) is 1.07. The van der Waals surface area contributed by atoms with Crippen molar-refractivity contribution in [3.8, 4) is 0 Å². The van der Waals surface area contributed by atoms with Gasteiger partial charge in [-0.3, -0.25) is 4.79 Å². The highest BCUT2D eigenvalue weighted by molar-refractivity contribution is 8.00. The maximum absolute atomic E-state index is 11.7. The van der Waals surface area contributed by atoms with Crippen LogP contribution < -0.4 is 0 Å². The van der Waals surface area contributed by atoms with Gasteiger partial charge >= 0.3 is 0 Å². The molecular formula is C10H19NO2S. The van der Waals surface area contributed by atoms with Crippen molar-refractivity contribution in [1.82, 2.24) is 4.90 Å². The molecule has 0 aromatic carbocycles. The Bertz CT molecular complexity index is 199. The highest BCUT2D eigenvalue weighted by atomic mass is 32.2. The summed E-state index contributed by atoms with van der Waals surface area (Å²) >= 11 is 1.93. The van der Waals surface area contributed by atoms with Crippen molar-refractivity contribution in [1.29, 1.82) is 0 Å². The second-order valence-electron chi connectivity index (χ2n) is 3.73. The van der Waals surface area contributed by atoms with Crippen LogP contribution in [0.5, 0.6) is 0 Å². The molecule has 1 aliphatic rings. The average Bonchev–Trinajstić information content (AvgIpc) is 2.18. The minimum absolute atomic E-state index is 0.109. The Kier molecular flexibility index (Phi) is 4.75. The van der Waals surface area contributed by atoms with Crippen LogP contribution in [0.2, 0.25) is 0 Å². The smallest absolute Gasteiger partial charge is 0.222 e. The van der Waals surface area contributed by atoms with Crippen LogP contribution >= 0.6 is 11.8 Å². The van der Waals surface area contributed by atoms with Crippen LogP contribution in [0.4, 0.5) is 0 Å². The van der Waals surface area contributed by atoms with E-state index in [1.54, 1.807) is 0 Å². The number of carbonyl (C=O) groups is 1. The van der Waals surface area contributed by atoms with Gasteiger partial charge in [-0.2, -0.15) is 11.8 Å². The molecule has 82 valence electrons.